The van der Waals surface area contributed by atoms with Crippen LogP contribution in [0.3, 0.4) is 0 Å². The van der Waals surface area contributed by atoms with Gasteiger partial charge in [-0.2, -0.15) is 5.26 Å². The van der Waals surface area contributed by atoms with Crippen LogP contribution in [0.25, 0.3) is 0 Å². The number of nitriles is 1. The first kappa shape index (κ1) is 16.6. The van der Waals surface area contributed by atoms with Gasteiger partial charge >= 0.3 is 0 Å². The Hall–Kier alpha value is -2.80. The van der Waals surface area contributed by atoms with Crippen molar-refractivity contribution in [3.8, 4) is 11.8 Å². The number of hydrogen-bond acceptors (Lipinski definition) is 4. The molecule has 1 atom stereocenters. The van der Waals surface area contributed by atoms with E-state index in [1.807, 2.05) is 36.4 Å². The number of hydrogen-bond donors (Lipinski definition) is 1. The van der Waals surface area contributed by atoms with Gasteiger partial charge in [-0.05, 0) is 29.5 Å². The van der Waals surface area contributed by atoms with Crippen molar-refractivity contribution in [1.29, 1.82) is 5.26 Å². The van der Waals surface area contributed by atoms with Gasteiger partial charge in [-0.15, -0.1) is 0 Å². The van der Waals surface area contributed by atoms with E-state index in [2.05, 4.69) is 25.1 Å². The van der Waals surface area contributed by atoms with Crippen molar-refractivity contribution >= 4 is 5.71 Å². The molecule has 2 aromatic rings. The van der Waals surface area contributed by atoms with Crippen molar-refractivity contribution in [2.45, 2.75) is 32.8 Å². The lowest BCUT2D eigenvalue weighted by atomic mass is 9.98. The smallest absolute Gasteiger partial charge is 0.187 e. The number of benzene rings is 2. The average molecular weight is 308 g/mol. The Morgan fingerprint density at radius 2 is 1.91 bits per heavy atom. The zero-order valence-electron chi connectivity index (χ0n) is 13.4. The lowest BCUT2D eigenvalue weighted by Crippen LogP contribution is -2.07. The molecule has 0 heterocycles. The average Bonchev–Trinajstić information content (AvgIpc) is 2.61. The van der Waals surface area contributed by atoms with Gasteiger partial charge in [0.2, 0.25) is 0 Å². The van der Waals surface area contributed by atoms with Gasteiger partial charge in [0, 0.05) is 5.56 Å². The van der Waals surface area contributed by atoms with Crippen LogP contribution in [0, 0.1) is 11.3 Å². The minimum atomic E-state index is -0.0144. The lowest BCUT2D eigenvalue weighted by molar-refractivity contribution is 0.300. The fourth-order valence-electron chi connectivity index (χ4n) is 2.41. The zero-order chi connectivity index (χ0) is 16.7. The third-order valence-corrected chi connectivity index (χ3v) is 3.92. The molecule has 0 fully saturated rings. The molecule has 0 aliphatic rings. The molecule has 4 nitrogen and oxygen atoms in total. The Morgan fingerprint density at radius 1 is 1.22 bits per heavy atom. The number of ether oxygens (including phenoxy) is 1. The van der Waals surface area contributed by atoms with Crippen LogP contribution in [-0.2, 0) is 6.61 Å². The van der Waals surface area contributed by atoms with Gasteiger partial charge < -0.3 is 9.94 Å². The maximum Gasteiger partial charge on any atom is 0.187 e. The number of para-hydroxylation sites is 1. The molecule has 1 unspecified atom stereocenters. The molecular formula is C19H20N2O2. The summed E-state index contributed by atoms with van der Waals surface area (Å²) < 4.78 is 5.98. The van der Waals surface area contributed by atoms with Crippen LogP contribution in [-0.4, -0.2) is 10.9 Å². The summed E-state index contributed by atoms with van der Waals surface area (Å²) in [6.45, 7) is 4.63. The molecule has 0 aliphatic carbocycles. The third kappa shape index (κ3) is 3.89. The summed E-state index contributed by atoms with van der Waals surface area (Å²) >= 11 is 0. The summed E-state index contributed by atoms with van der Waals surface area (Å²) in [4.78, 5) is 0. The molecule has 0 bridgehead atoms. The van der Waals surface area contributed by atoms with E-state index < -0.39 is 0 Å². The predicted octanol–water partition coefficient (Wildman–Crippen LogP) is 4.48. The van der Waals surface area contributed by atoms with Crippen LogP contribution in [0.15, 0.2) is 53.7 Å². The highest BCUT2D eigenvalue weighted by Crippen LogP contribution is 2.29. The monoisotopic (exact) mass is 308 g/mol. The number of rotatable bonds is 6. The van der Waals surface area contributed by atoms with Crippen LogP contribution in [0.2, 0.25) is 0 Å². The SMILES string of the molecule is CCC(C)c1ccccc1OCc1ccccc1C(C#N)=NO. The molecule has 4 heteroatoms. The molecule has 0 aliphatic heterocycles. The maximum atomic E-state index is 9.06. The first-order valence-electron chi connectivity index (χ1n) is 7.63. The summed E-state index contributed by atoms with van der Waals surface area (Å²) in [7, 11) is 0. The molecule has 0 aromatic heterocycles. The minimum Gasteiger partial charge on any atom is -0.489 e. The summed E-state index contributed by atoms with van der Waals surface area (Å²) in [5.74, 6) is 1.26. The Kier molecular flexibility index (Phi) is 5.76. The summed E-state index contributed by atoms with van der Waals surface area (Å²) in [6, 6.07) is 17.2. The van der Waals surface area contributed by atoms with Crippen molar-refractivity contribution in [2.75, 3.05) is 0 Å². The van der Waals surface area contributed by atoms with Crippen molar-refractivity contribution < 1.29 is 9.94 Å². The topological polar surface area (TPSA) is 65.6 Å². The largest absolute Gasteiger partial charge is 0.489 e. The number of nitrogens with zero attached hydrogens (tertiary/aromatic N) is 2. The Balaban J connectivity index is 2.25. The van der Waals surface area contributed by atoms with Gasteiger partial charge in [0.05, 0.1) is 0 Å². The molecule has 0 radical (unpaired) electrons. The van der Waals surface area contributed by atoms with E-state index in [0.717, 1.165) is 17.7 Å². The van der Waals surface area contributed by atoms with Gasteiger partial charge in [-0.3, -0.25) is 0 Å². The second kappa shape index (κ2) is 8.00. The quantitative estimate of drug-likeness (QED) is 0.486. The van der Waals surface area contributed by atoms with E-state index in [0.29, 0.717) is 18.1 Å². The molecule has 23 heavy (non-hydrogen) atoms. The Morgan fingerprint density at radius 3 is 2.61 bits per heavy atom. The van der Waals surface area contributed by atoms with Crippen LogP contribution >= 0.6 is 0 Å². The highest BCUT2D eigenvalue weighted by molar-refractivity contribution is 6.12. The van der Waals surface area contributed by atoms with E-state index >= 15 is 0 Å². The highest BCUT2D eigenvalue weighted by Gasteiger charge is 2.12. The molecule has 2 rings (SSSR count). The maximum absolute atomic E-state index is 9.06. The summed E-state index contributed by atoms with van der Waals surface area (Å²) in [5.41, 5.74) is 2.54. The van der Waals surface area contributed by atoms with Crippen molar-refractivity contribution in [2.24, 2.45) is 5.16 Å². The molecule has 118 valence electrons. The van der Waals surface area contributed by atoms with Crippen LogP contribution in [0.4, 0.5) is 0 Å². The van der Waals surface area contributed by atoms with E-state index in [-0.39, 0.29) is 5.71 Å². The molecule has 1 N–H and O–H groups in total. The van der Waals surface area contributed by atoms with E-state index in [1.165, 1.54) is 5.56 Å². The Labute approximate surface area is 136 Å². The van der Waals surface area contributed by atoms with E-state index in [9.17, 15) is 0 Å². The minimum absolute atomic E-state index is 0.0144. The first-order valence-corrected chi connectivity index (χ1v) is 7.63. The second-order valence-electron chi connectivity index (χ2n) is 5.35. The Bertz CT molecular complexity index is 732. The standard InChI is InChI=1S/C19H20N2O2/c1-3-14(2)16-9-6-7-11-19(16)23-13-15-8-4-5-10-17(15)18(12-20)21-22/h4-11,14,22H,3,13H2,1-2H3. The van der Waals surface area contributed by atoms with Gasteiger partial charge in [0.25, 0.3) is 0 Å². The molecule has 2 aromatic carbocycles. The van der Waals surface area contributed by atoms with Crippen LogP contribution < -0.4 is 4.74 Å². The predicted molar refractivity (Wildman–Crippen MR) is 89.9 cm³/mol. The molecule has 0 amide bonds. The van der Waals surface area contributed by atoms with Gasteiger partial charge in [-0.1, -0.05) is 61.5 Å². The fraction of sp³-hybridized carbons (Fsp3) is 0.263. The van der Waals surface area contributed by atoms with Crippen molar-refractivity contribution in [1.82, 2.24) is 0 Å². The van der Waals surface area contributed by atoms with Crippen LogP contribution in [0.5, 0.6) is 5.75 Å². The summed E-state index contributed by atoms with van der Waals surface area (Å²) in [5, 5.41) is 21.1. The zero-order valence-corrected chi connectivity index (χ0v) is 13.4. The normalized spacial score (nSPS) is 12.5. The molecule has 0 spiro atoms. The van der Waals surface area contributed by atoms with Crippen molar-refractivity contribution in [3.63, 3.8) is 0 Å². The van der Waals surface area contributed by atoms with Crippen LogP contribution in [0.1, 0.15) is 42.9 Å². The second-order valence-corrected chi connectivity index (χ2v) is 5.35. The van der Waals surface area contributed by atoms with Gasteiger partial charge in [-0.25, -0.2) is 0 Å². The number of oxime groups is 1. The van der Waals surface area contributed by atoms with E-state index in [4.69, 9.17) is 15.2 Å². The van der Waals surface area contributed by atoms with Gasteiger partial charge in [0.15, 0.2) is 5.71 Å². The van der Waals surface area contributed by atoms with E-state index in [1.54, 1.807) is 12.1 Å². The molecule has 0 saturated heterocycles. The summed E-state index contributed by atoms with van der Waals surface area (Å²) in [6.07, 6.45) is 1.03. The highest BCUT2D eigenvalue weighted by atomic mass is 16.5. The van der Waals surface area contributed by atoms with Gasteiger partial charge in [0.1, 0.15) is 18.4 Å². The third-order valence-electron chi connectivity index (χ3n) is 3.92. The lowest BCUT2D eigenvalue weighted by Gasteiger charge is -2.16. The first-order chi connectivity index (χ1) is 11.2. The fourth-order valence-corrected chi connectivity index (χ4v) is 2.41. The van der Waals surface area contributed by atoms with Crippen molar-refractivity contribution in [3.05, 3.63) is 65.2 Å². The molecule has 0 saturated carbocycles. The molecular weight excluding hydrogens is 288 g/mol.